The number of halogens is 3. The third kappa shape index (κ3) is 4.20. The van der Waals surface area contributed by atoms with Crippen molar-refractivity contribution in [1.29, 1.82) is 0 Å². The van der Waals surface area contributed by atoms with Gasteiger partial charge in [0.1, 0.15) is 5.82 Å². The Labute approximate surface area is 143 Å². The zero-order valence-corrected chi connectivity index (χ0v) is 14.1. The molecule has 0 saturated heterocycles. The molecule has 0 aliphatic rings. The molecular formula is C17H19F3N4O. The normalized spacial score (nSPS) is 11.5. The maximum absolute atomic E-state index is 13.8. The van der Waals surface area contributed by atoms with Crippen LogP contribution in [0.5, 0.6) is 0 Å². The molecule has 0 saturated carbocycles. The molecule has 1 aromatic carbocycles. The van der Waals surface area contributed by atoms with Gasteiger partial charge >= 0.3 is 0 Å². The Kier molecular flexibility index (Phi) is 5.20. The first-order valence-corrected chi connectivity index (χ1v) is 7.48. The maximum Gasteiger partial charge on any atom is 0.266 e. The molecule has 1 heterocycles. The van der Waals surface area contributed by atoms with Gasteiger partial charge in [-0.1, -0.05) is 18.7 Å². The van der Waals surface area contributed by atoms with Crippen LogP contribution < -0.4 is 16.2 Å². The van der Waals surface area contributed by atoms with Crippen molar-refractivity contribution < 1.29 is 13.2 Å². The number of rotatable bonds is 6. The number of nitrogens with zero attached hydrogens (tertiary/aromatic N) is 1. The van der Waals surface area contributed by atoms with E-state index in [9.17, 15) is 18.0 Å². The fourth-order valence-electron chi connectivity index (χ4n) is 2.34. The second-order valence-electron chi connectivity index (χ2n) is 5.99. The van der Waals surface area contributed by atoms with Gasteiger partial charge in [0.15, 0.2) is 0 Å². The summed E-state index contributed by atoms with van der Waals surface area (Å²) in [5.74, 6) is -0.699. The minimum Gasteiger partial charge on any atom is -0.375 e. The van der Waals surface area contributed by atoms with Gasteiger partial charge in [0.05, 0.1) is 22.5 Å². The van der Waals surface area contributed by atoms with Crippen LogP contribution in [0.4, 0.5) is 19.1 Å². The highest BCUT2D eigenvalue weighted by Gasteiger charge is 2.24. The average molecular weight is 352 g/mol. The van der Waals surface area contributed by atoms with Crippen molar-refractivity contribution in [3.05, 3.63) is 63.8 Å². The minimum absolute atomic E-state index is 0.274. The third-order valence-corrected chi connectivity index (χ3v) is 3.71. The van der Waals surface area contributed by atoms with Crippen LogP contribution in [-0.2, 0) is 5.54 Å². The highest BCUT2D eigenvalue weighted by Crippen LogP contribution is 2.28. The van der Waals surface area contributed by atoms with Crippen LogP contribution >= 0.6 is 0 Å². The van der Waals surface area contributed by atoms with E-state index in [0.717, 1.165) is 12.1 Å². The van der Waals surface area contributed by atoms with Crippen LogP contribution in [0, 0.1) is 5.82 Å². The van der Waals surface area contributed by atoms with Gasteiger partial charge in [0.25, 0.3) is 12.0 Å². The largest absolute Gasteiger partial charge is 0.375 e. The Bertz CT molecular complexity index is 846. The molecular weight excluding hydrogens is 333 g/mol. The summed E-state index contributed by atoms with van der Waals surface area (Å²) in [6, 6.07) is 4.82. The highest BCUT2D eigenvalue weighted by atomic mass is 19.3. The van der Waals surface area contributed by atoms with E-state index in [1.54, 1.807) is 20.9 Å². The van der Waals surface area contributed by atoms with Gasteiger partial charge in [0, 0.05) is 13.1 Å². The fraction of sp³-hybridized carbons (Fsp3) is 0.294. The van der Waals surface area contributed by atoms with E-state index in [1.807, 2.05) is 0 Å². The number of hydrogen-bond acceptors (Lipinski definition) is 4. The molecule has 0 aliphatic carbocycles. The summed E-state index contributed by atoms with van der Waals surface area (Å²) in [7, 11) is 1.61. The third-order valence-electron chi connectivity index (χ3n) is 3.71. The first-order valence-electron chi connectivity index (χ1n) is 7.48. The molecule has 0 aliphatic heterocycles. The standard InChI is InChI=1S/C17H19F3N4O/c1-9(13-8-14(25)23-16(21-4)22-13)24-17(2,3)10-5-6-11(15(19)20)12(18)7-10/h5-8,15,24H,1H2,2-4H3,(H2,21,22,23,25). The van der Waals surface area contributed by atoms with Gasteiger partial charge in [-0.15, -0.1) is 0 Å². The molecule has 2 rings (SSSR count). The van der Waals surface area contributed by atoms with E-state index in [2.05, 4.69) is 27.2 Å². The van der Waals surface area contributed by atoms with Crippen molar-refractivity contribution in [2.24, 2.45) is 0 Å². The molecule has 8 heteroatoms. The number of H-pyrrole nitrogens is 1. The molecule has 0 atom stereocenters. The lowest BCUT2D eigenvalue weighted by molar-refractivity contribution is 0.146. The van der Waals surface area contributed by atoms with Crippen LogP contribution in [0.2, 0.25) is 0 Å². The molecule has 25 heavy (non-hydrogen) atoms. The summed E-state index contributed by atoms with van der Waals surface area (Å²) < 4.78 is 39.2. The predicted octanol–water partition coefficient (Wildman–Crippen LogP) is 3.38. The summed E-state index contributed by atoms with van der Waals surface area (Å²) in [4.78, 5) is 18.3. The van der Waals surface area contributed by atoms with Crippen LogP contribution in [0.25, 0.3) is 5.70 Å². The summed E-state index contributed by atoms with van der Waals surface area (Å²) in [6.07, 6.45) is -2.87. The van der Waals surface area contributed by atoms with Crippen molar-refractivity contribution in [3.63, 3.8) is 0 Å². The number of hydrogen-bond donors (Lipinski definition) is 3. The number of nitrogens with one attached hydrogen (secondary N) is 3. The van der Waals surface area contributed by atoms with Crippen LogP contribution in [0.3, 0.4) is 0 Å². The van der Waals surface area contributed by atoms with E-state index in [0.29, 0.717) is 17.0 Å². The lowest BCUT2D eigenvalue weighted by Crippen LogP contribution is -2.35. The van der Waals surface area contributed by atoms with Crippen LogP contribution in [-0.4, -0.2) is 17.0 Å². The molecule has 0 spiro atoms. The zero-order valence-electron chi connectivity index (χ0n) is 14.1. The van der Waals surface area contributed by atoms with Crippen molar-refractivity contribution in [1.82, 2.24) is 15.3 Å². The highest BCUT2D eigenvalue weighted by molar-refractivity contribution is 5.60. The molecule has 0 bridgehead atoms. The zero-order chi connectivity index (χ0) is 18.8. The molecule has 134 valence electrons. The first kappa shape index (κ1) is 18.6. The SMILES string of the molecule is C=C(NC(C)(C)c1ccc(C(F)F)c(F)c1)c1cc(=O)[nH]c(NC)n1. The molecule has 0 radical (unpaired) electrons. The molecule has 0 amide bonds. The fourth-order valence-corrected chi connectivity index (χ4v) is 2.34. The van der Waals surface area contributed by atoms with Crippen LogP contribution in [0.1, 0.15) is 37.1 Å². The summed E-state index contributed by atoms with van der Waals surface area (Å²) in [6.45, 7) is 7.33. The molecule has 1 aromatic heterocycles. The van der Waals surface area contributed by atoms with E-state index in [4.69, 9.17) is 0 Å². The van der Waals surface area contributed by atoms with Crippen molar-refractivity contribution >= 4 is 11.6 Å². The number of aromatic nitrogens is 2. The van der Waals surface area contributed by atoms with Crippen molar-refractivity contribution in [2.75, 3.05) is 12.4 Å². The summed E-state index contributed by atoms with van der Waals surface area (Å²) in [5, 5.41) is 5.78. The second-order valence-corrected chi connectivity index (χ2v) is 5.99. The van der Waals surface area contributed by atoms with Crippen LogP contribution in [0.15, 0.2) is 35.6 Å². The minimum atomic E-state index is -2.87. The first-order chi connectivity index (χ1) is 11.6. The monoisotopic (exact) mass is 352 g/mol. The lowest BCUT2D eigenvalue weighted by atomic mass is 9.92. The average Bonchev–Trinajstić information content (AvgIpc) is 2.53. The Morgan fingerprint density at radius 1 is 1.32 bits per heavy atom. The predicted molar refractivity (Wildman–Crippen MR) is 91.0 cm³/mol. The summed E-state index contributed by atoms with van der Waals surface area (Å²) in [5.41, 5.74) is -0.732. The Balaban J connectivity index is 2.29. The molecule has 3 N–H and O–H groups in total. The Hall–Kier alpha value is -2.77. The van der Waals surface area contributed by atoms with Gasteiger partial charge in [-0.05, 0) is 25.5 Å². The molecule has 0 unspecified atom stereocenters. The second kappa shape index (κ2) is 7.00. The maximum atomic E-state index is 13.8. The van der Waals surface area contributed by atoms with E-state index >= 15 is 0 Å². The molecule has 0 fully saturated rings. The smallest absolute Gasteiger partial charge is 0.266 e. The summed E-state index contributed by atoms with van der Waals surface area (Å²) >= 11 is 0. The van der Waals surface area contributed by atoms with Crippen molar-refractivity contribution in [3.8, 4) is 0 Å². The van der Waals surface area contributed by atoms with Gasteiger partial charge in [0.2, 0.25) is 5.95 Å². The van der Waals surface area contributed by atoms with Gasteiger partial charge in [-0.3, -0.25) is 9.78 Å². The molecule has 2 aromatic rings. The number of benzene rings is 1. The Morgan fingerprint density at radius 3 is 2.56 bits per heavy atom. The van der Waals surface area contributed by atoms with Crippen molar-refractivity contribution in [2.45, 2.75) is 25.8 Å². The topological polar surface area (TPSA) is 69.8 Å². The van der Waals surface area contributed by atoms with Gasteiger partial charge < -0.3 is 10.6 Å². The number of alkyl halides is 2. The molecule has 5 nitrogen and oxygen atoms in total. The Morgan fingerprint density at radius 2 is 2.00 bits per heavy atom. The lowest BCUT2D eigenvalue weighted by Gasteiger charge is -2.29. The quantitative estimate of drug-likeness (QED) is 0.745. The van der Waals surface area contributed by atoms with E-state index in [1.165, 1.54) is 12.1 Å². The number of aromatic amines is 1. The van der Waals surface area contributed by atoms with E-state index in [-0.39, 0.29) is 11.5 Å². The van der Waals surface area contributed by atoms with Gasteiger partial charge in [-0.25, -0.2) is 18.2 Å². The van der Waals surface area contributed by atoms with E-state index < -0.39 is 23.3 Å². The van der Waals surface area contributed by atoms with Gasteiger partial charge in [-0.2, -0.15) is 0 Å². The number of anilines is 1.